The van der Waals surface area contributed by atoms with Gasteiger partial charge in [-0.15, -0.1) is 11.8 Å². The van der Waals surface area contributed by atoms with Gasteiger partial charge in [0.15, 0.2) is 0 Å². The number of thioether (sulfide) groups is 1. The Kier molecular flexibility index (Phi) is 10.4. The Bertz CT molecular complexity index is 1720. The number of amides is 3. The lowest BCUT2D eigenvalue weighted by Gasteiger charge is -2.23. The topological polar surface area (TPSA) is 78.5 Å². The molecule has 0 aliphatic carbocycles. The van der Waals surface area contributed by atoms with Gasteiger partial charge in [-0.1, -0.05) is 82.7 Å². The number of nitrogens with zero attached hydrogens (tertiary/aromatic N) is 1. The fourth-order valence-corrected chi connectivity index (χ4v) is 5.50. The van der Waals surface area contributed by atoms with Crippen LogP contribution in [0.3, 0.4) is 0 Å². The summed E-state index contributed by atoms with van der Waals surface area (Å²) in [6, 6.07) is 42.5. The average Bonchev–Trinajstić information content (AvgIpc) is 3.05. The van der Waals surface area contributed by atoms with E-state index in [0.717, 1.165) is 26.3 Å². The van der Waals surface area contributed by atoms with Gasteiger partial charge in [0.05, 0.1) is 5.75 Å². The second kappa shape index (κ2) is 15.0. The van der Waals surface area contributed by atoms with Crippen molar-refractivity contribution >= 4 is 68.6 Å². The van der Waals surface area contributed by atoms with Gasteiger partial charge in [-0.25, -0.2) is 0 Å². The smallest absolute Gasteiger partial charge is 0.272 e. The molecule has 44 heavy (non-hydrogen) atoms. The maximum absolute atomic E-state index is 13.4. The zero-order valence-electron chi connectivity index (χ0n) is 23.5. The molecule has 0 aromatic heterocycles. The van der Waals surface area contributed by atoms with Crippen LogP contribution in [0.25, 0.3) is 6.08 Å². The van der Waals surface area contributed by atoms with Gasteiger partial charge in [0.25, 0.3) is 11.8 Å². The summed E-state index contributed by atoms with van der Waals surface area (Å²) in [6.45, 7) is 0. The molecule has 0 heterocycles. The fraction of sp³-hybridized carbons (Fsp3) is 0.0278. The van der Waals surface area contributed by atoms with Crippen LogP contribution in [-0.4, -0.2) is 23.5 Å². The Morgan fingerprint density at radius 3 is 1.89 bits per heavy atom. The van der Waals surface area contributed by atoms with Gasteiger partial charge in [-0.3, -0.25) is 19.3 Å². The lowest BCUT2D eigenvalue weighted by molar-refractivity contribution is -0.115. The number of hydrogen-bond acceptors (Lipinski definition) is 4. The highest BCUT2D eigenvalue weighted by Crippen LogP contribution is 2.28. The first-order valence-corrected chi connectivity index (χ1v) is 15.5. The third kappa shape index (κ3) is 8.34. The predicted molar refractivity (Wildman–Crippen MR) is 182 cm³/mol. The Hall–Kier alpha value is -4.92. The number of rotatable bonds is 10. The highest BCUT2D eigenvalue weighted by atomic mass is 79.9. The van der Waals surface area contributed by atoms with Gasteiger partial charge in [0, 0.05) is 32.0 Å². The first kappa shape index (κ1) is 30.5. The molecule has 0 saturated heterocycles. The zero-order valence-corrected chi connectivity index (χ0v) is 25.9. The van der Waals surface area contributed by atoms with E-state index in [0.29, 0.717) is 11.3 Å². The van der Waals surface area contributed by atoms with Crippen molar-refractivity contribution < 1.29 is 14.4 Å². The summed E-state index contributed by atoms with van der Waals surface area (Å²) >= 11 is 4.86. The predicted octanol–water partition coefficient (Wildman–Crippen LogP) is 8.32. The molecular formula is C36H28BrN3O3S. The van der Waals surface area contributed by atoms with Crippen LogP contribution in [0.2, 0.25) is 0 Å². The van der Waals surface area contributed by atoms with Crippen LogP contribution >= 0.6 is 27.7 Å². The van der Waals surface area contributed by atoms with Crippen LogP contribution in [0, 0.1) is 0 Å². The van der Waals surface area contributed by atoms with Crippen molar-refractivity contribution in [2.24, 2.45) is 0 Å². The maximum Gasteiger partial charge on any atom is 0.272 e. The zero-order chi connectivity index (χ0) is 30.7. The monoisotopic (exact) mass is 661 g/mol. The summed E-state index contributed by atoms with van der Waals surface area (Å²) in [4.78, 5) is 42.2. The fourth-order valence-electron chi connectivity index (χ4n) is 4.34. The van der Waals surface area contributed by atoms with Crippen molar-refractivity contribution in [2.75, 3.05) is 16.0 Å². The molecule has 0 spiro atoms. The van der Waals surface area contributed by atoms with Crippen LogP contribution in [0.1, 0.15) is 15.9 Å². The molecule has 2 N–H and O–H groups in total. The van der Waals surface area contributed by atoms with Crippen LogP contribution in [0.15, 0.2) is 155 Å². The highest BCUT2D eigenvalue weighted by Gasteiger charge is 2.18. The molecule has 0 radical (unpaired) electrons. The molecule has 5 aromatic carbocycles. The van der Waals surface area contributed by atoms with Gasteiger partial charge < -0.3 is 10.6 Å². The van der Waals surface area contributed by atoms with E-state index in [4.69, 9.17) is 0 Å². The number of anilines is 3. The standard InChI is InChI=1S/C36H28BrN3O3S/c37-28-14-10-11-26(23-28)24-33(39-35(42)27-12-4-1-5-13-27)36(43)38-29-19-21-32(22-20-29)44-25-34(41)40(30-15-6-2-7-16-30)31-17-8-3-9-18-31/h1-24H,25H2,(H,38,43)(H,39,42)/b33-24-. The Labute approximate surface area is 268 Å². The van der Waals surface area contributed by atoms with Crippen LogP contribution in [0.4, 0.5) is 17.1 Å². The molecule has 0 saturated carbocycles. The Morgan fingerprint density at radius 1 is 0.705 bits per heavy atom. The molecule has 0 fully saturated rings. The number of carbonyl (C=O) groups excluding carboxylic acids is 3. The van der Waals surface area contributed by atoms with E-state index >= 15 is 0 Å². The lowest BCUT2D eigenvalue weighted by atomic mass is 10.1. The molecule has 5 rings (SSSR count). The lowest BCUT2D eigenvalue weighted by Crippen LogP contribution is -2.30. The largest absolute Gasteiger partial charge is 0.321 e. The van der Waals surface area contributed by atoms with Gasteiger partial charge in [-0.2, -0.15) is 0 Å². The van der Waals surface area contributed by atoms with E-state index < -0.39 is 11.8 Å². The molecule has 0 atom stereocenters. The maximum atomic E-state index is 13.4. The van der Waals surface area contributed by atoms with Crippen LogP contribution in [-0.2, 0) is 9.59 Å². The first-order valence-electron chi connectivity index (χ1n) is 13.8. The van der Waals surface area contributed by atoms with Crippen molar-refractivity contribution in [1.82, 2.24) is 5.32 Å². The van der Waals surface area contributed by atoms with Gasteiger partial charge >= 0.3 is 0 Å². The second-order valence-electron chi connectivity index (χ2n) is 9.60. The Morgan fingerprint density at radius 2 is 1.30 bits per heavy atom. The van der Waals surface area contributed by atoms with Gasteiger partial charge in [0.2, 0.25) is 5.91 Å². The number of nitrogens with one attached hydrogen (secondary N) is 2. The number of carbonyl (C=O) groups is 3. The number of benzene rings is 5. The minimum Gasteiger partial charge on any atom is -0.321 e. The number of para-hydroxylation sites is 2. The van der Waals surface area contributed by atoms with Crippen LogP contribution in [0.5, 0.6) is 0 Å². The highest BCUT2D eigenvalue weighted by molar-refractivity contribution is 9.10. The van der Waals surface area contributed by atoms with Crippen LogP contribution < -0.4 is 15.5 Å². The van der Waals surface area contributed by atoms with Crippen molar-refractivity contribution in [3.63, 3.8) is 0 Å². The molecule has 6 nitrogen and oxygen atoms in total. The van der Waals surface area contributed by atoms with E-state index in [-0.39, 0.29) is 17.4 Å². The van der Waals surface area contributed by atoms with Crippen molar-refractivity contribution in [1.29, 1.82) is 0 Å². The quantitative estimate of drug-likeness (QED) is 0.117. The summed E-state index contributed by atoms with van der Waals surface area (Å²) in [5.41, 5.74) is 3.43. The number of halogens is 1. The summed E-state index contributed by atoms with van der Waals surface area (Å²) in [5, 5.41) is 5.62. The Balaban J connectivity index is 1.27. The van der Waals surface area contributed by atoms with E-state index in [2.05, 4.69) is 26.6 Å². The van der Waals surface area contributed by atoms with E-state index in [1.807, 2.05) is 103 Å². The van der Waals surface area contributed by atoms with Gasteiger partial charge in [0.1, 0.15) is 5.70 Å². The summed E-state index contributed by atoms with van der Waals surface area (Å²) in [6.07, 6.45) is 1.63. The molecule has 5 aromatic rings. The molecule has 0 aliphatic heterocycles. The summed E-state index contributed by atoms with van der Waals surface area (Å²) in [5.74, 6) is -0.688. The third-order valence-electron chi connectivity index (χ3n) is 6.44. The molecular weight excluding hydrogens is 634 g/mol. The van der Waals surface area contributed by atoms with E-state index in [1.165, 1.54) is 11.8 Å². The van der Waals surface area contributed by atoms with E-state index in [1.54, 1.807) is 47.4 Å². The normalized spacial score (nSPS) is 11.0. The second-order valence-corrected chi connectivity index (χ2v) is 11.6. The third-order valence-corrected chi connectivity index (χ3v) is 7.93. The first-order chi connectivity index (χ1) is 21.5. The molecule has 3 amide bonds. The summed E-state index contributed by atoms with van der Waals surface area (Å²) in [7, 11) is 0. The molecule has 0 bridgehead atoms. The molecule has 0 aliphatic rings. The van der Waals surface area contributed by atoms with E-state index in [9.17, 15) is 14.4 Å². The van der Waals surface area contributed by atoms with Crippen molar-refractivity contribution in [2.45, 2.75) is 4.90 Å². The minimum atomic E-state index is -0.466. The van der Waals surface area contributed by atoms with Gasteiger partial charge in [-0.05, 0) is 84.4 Å². The molecule has 8 heteroatoms. The SMILES string of the molecule is O=C(Nc1ccc(SCC(=O)N(c2ccccc2)c2ccccc2)cc1)/C(=C/c1cccc(Br)c1)NC(=O)c1ccccc1. The van der Waals surface area contributed by atoms with Crippen molar-refractivity contribution in [3.05, 3.63) is 161 Å². The summed E-state index contributed by atoms with van der Waals surface area (Å²) < 4.78 is 0.850. The minimum absolute atomic E-state index is 0.0544. The molecule has 0 unspecified atom stereocenters. The van der Waals surface area contributed by atoms with Crippen molar-refractivity contribution in [3.8, 4) is 0 Å². The number of hydrogen-bond donors (Lipinski definition) is 2. The average molecular weight is 663 g/mol. The molecule has 218 valence electrons.